The molecule has 2 atom stereocenters. The molecule has 0 N–H and O–H groups in total. The Balaban J connectivity index is 1.18. The maximum Gasteiger partial charge on any atom is 0.314 e. The summed E-state index contributed by atoms with van der Waals surface area (Å²) in [4.78, 5) is 22.0. The molecule has 1 fully saturated rings. The molecule has 0 amide bonds. The van der Waals surface area contributed by atoms with Crippen molar-refractivity contribution in [2.45, 2.75) is 57.7 Å². The van der Waals surface area contributed by atoms with Gasteiger partial charge in [0.25, 0.3) is 0 Å². The SMILES string of the molecule is COc1ccc2cc([C@H](C)C(=O)OCn3ccc4c(-c5cnn([C@H](CC#N)C6CCCC6)c5)ncnc43)ccc2c1. The lowest BCUT2D eigenvalue weighted by molar-refractivity contribution is -0.148. The van der Waals surface area contributed by atoms with E-state index in [1.165, 1.54) is 19.2 Å². The van der Waals surface area contributed by atoms with Crippen molar-refractivity contribution in [1.29, 1.82) is 5.26 Å². The molecule has 0 radical (unpaired) electrons. The van der Waals surface area contributed by atoms with Crippen LogP contribution in [0.5, 0.6) is 5.75 Å². The fourth-order valence-corrected chi connectivity index (χ4v) is 5.92. The Bertz CT molecular complexity index is 1740. The van der Waals surface area contributed by atoms with E-state index in [1.807, 2.05) is 66.5 Å². The molecule has 5 aromatic rings. The van der Waals surface area contributed by atoms with Gasteiger partial charge in [-0.2, -0.15) is 10.4 Å². The third-order valence-electron chi connectivity index (χ3n) is 8.29. The molecule has 3 aromatic heterocycles. The summed E-state index contributed by atoms with van der Waals surface area (Å²) < 4.78 is 14.8. The standard InChI is InChI=1S/C32H32N6O3/c1-21(23-7-8-25-16-27(40-2)10-9-24(25)15-23)32(39)41-20-37-14-12-28-30(34-19-35-31(28)37)26-17-36-38(18-26)29(11-13-33)22-5-3-4-6-22/h7-10,12,14-19,21-22,29H,3-6,11,20H2,1-2H3/t21-,29+/m0/s1. The first kappa shape index (κ1) is 26.5. The number of aromatic nitrogens is 5. The highest BCUT2D eigenvalue weighted by molar-refractivity contribution is 5.90. The van der Waals surface area contributed by atoms with E-state index in [4.69, 9.17) is 9.47 Å². The molecule has 208 valence electrons. The predicted molar refractivity (Wildman–Crippen MR) is 155 cm³/mol. The van der Waals surface area contributed by atoms with E-state index in [-0.39, 0.29) is 18.7 Å². The summed E-state index contributed by atoms with van der Waals surface area (Å²) in [6, 6.07) is 16.2. The van der Waals surface area contributed by atoms with Crippen LogP contribution >= 0.6 is 0 Å². The van der Waals surface area contributed by atoms with Gasteiger partial charge < -0.3 is 9.47 Å². The lowest BCUT2D eigenvalue weighted by Crippen LogP contribution is -2.17. The van der Waals surface area contributed by atoms with Crippen LogP contribution in [0.3, 0.4) is 0 Å². The van der Waals surface area contributed by atoms with Crippen molar-refractivity contribution in [3.63, 3.8) is 0 Å². The van der Waals surface area contributed by atoms with Gasteiger partial charge in [-0.1, -0.05) is 37.1 Å². The summed E-state index contributed by atoms with van der Waals surface area (Å²) in [6.45, 7) is 1.89. The van der Waals surface area contributed by atoms with Crippen LogP contribution in [0.4, 0.5) is 0 Å². The molecule has 0 aliphatic heterocycles. The number of rotatable bonds is 9. The second-order valence-corrected chi connectivity index (χ2v) is 10.7. The van der Waals surface area contributed by atoms with Crippen LogP contribution in [0.25, 0.3) is 33.1 Å². The van der Waals surface area contributed by atoms with E-state index in [0.29, 0.717) is 18.0 Å². The normalized spacial score (nSPS) is 15.1. The topological polar surface area (TPSA) is 108 Å². The number of methoxy groups -OCH3 is 1. The second-order valence-electron chi connectivity index (χ2n) is 10.7. The van der Waals surface area contributed by atoms with E-state index in [9.17, 15) is 10.1 Å². The fraction of sp³-hybridized carbons (Fsp3) is 0.344. The molecule has 6 rings (SSSR count). The molecule has 0 bridgehead atoms. The summed E-state index contributed by atoms with van der Waals surface area (Å²) in [5.41, 5.74) is 3.19. The number of carbonyl (C=O) groups is 1. The summed E-state index contributed by atoms with van der Waals surface area (Å²) in [7, 11) is 1.65. The van der Waals surface area contributed by atoms with Gasteiger partial charge in [0, 0.05) is 23.3 Å². The minimum absolute atomic E-state index is 0.0408. The minimum atomic E-state index is -0.430. The zero-order chi connectivity index (χ0) is 28.3. The summed E-state index contributed by atoms with van der Waals surface area (Å²) in [5.74, 6) is 0.528. The summed E-state index contributed by atoms with van der Waals surface area (Å²) >= 11 is 0. The first-order valence-corrected chi connectivity index (χ1v) is 14.0. The van der Waals surface area contributed by atoms with Gasteiger partial charge in [-0.15, -0.1) is 0 Å². The molecular weight excluding hydrogens is 516 g/mol. The van der Waals surface area contributed by atoms with Crippen molar-refractivity contribution in [3.8, 4) is 23.1 Å². The third-order valence-corrected chi connectivity index (χ3v) is 8.29. The fourth-order valence-electron chi connectivity index (χ4n) is 5.92. The van der Waals surface area contributed by atoms with Gasteiger partial charge in [0.1, 0.15) is 17.7 Å². The highest BCUT2D eigenvalue weighted by atomic mass is 16.5. The monoisotopic (exact) mass is 548 g/mol. The van der Waals surface area contributed by atoms with Gasteiger partial charge in [-0.05, 0) is 60.2 Å². The van der Waals surface area contributed by atoms with E-state index in [1.54, 1.807) is 17.9 Å². The largest absolute Gasteiger partial charge is 0.497 e. The van der Waals surface area contributed by atoms with Gasteiger partial charge in [0.15, 0.2) is 6.73 Å². The van der Waals surface area contributed by atoms with Crippen LogP contribution in [0, 0.1) is 17.2 Å². The molecule has 3 heterocycles. The summed E-state index contributed by atoms with van der Waals surface area (Å²) in [6.07, 6.45) is 12.3. The van der Waals surface area contributed by atoms with E-state index < -0.39 is 5.92 Å². The quantitative estimate of drug-likeness (QED) is 0.196. The van der Waals surface area contributed by atoms with Crippen molar-refractivity contribution in [2.24, 2.45) is 5.92 Å². The Morgan fingerprint density at radius 1 is 1.12 bits per heavy atom. The molecule has 9 nitrogen and oxygen atoms in total. The van der Waals surface area contributed by atoms with Crippen LogP contribution in [0.15, 0.2) is 67.4 Å². The Labute approximate surface area is 238 Å². The van der Waals surface area contributed by atoms with Crippen molar-refractivity contribution < 1.29 is 14.3 Å². The molecule has 1 saturated carbocycles. The van der Waals surface area contributed by atoms with Crippen molar-refractivity contribution >= 4 is 27.8 Å². The van der Waals surface area contributed by atoms with Crippen LogP contribution in [0.1, 0.15) is 56.6 Å². The minimum Gasteiger partial charge on any atom is -0.497 e. The van der Waals surface area contributed by atoms with Gasteiger partial charge >= 0.3 is 5.97 Å². The number of esters is 1. The first-order valence-electron chi connectivity index (χ1n) is 14.0. The number of hydrogen-bond acceptors (Lipinski definition) is 7. The number of nitriles is 1. The molecular formula is C32H32N6O3. The molecule has 0 unspecified atom stereocenters. The molecule has 0 saturated heterocycles. The van der Waals surface area contributed by atoms with E-state index >= 15 is 0 Å². The van der Waals surface area contributed by atoms with Gasteiger partial charge in [-0.3, -0.25) is 14.0 Å². The van der Waals surface area contributed by atoms with Crippen LogP contribution < -0.4 is 4.74 Å². The molecule has 2 aromatic carbocycles. The lowest BCUT2D eigenvalue weighted by atomic mass is 9.96. The van der Waals surface area contributed by atoms with E-state index in [2.05, 4.69) is 21.1 Å². The average Bonchev–Trinajstić information content (AvgIpc) is 3.79. The summed E-state index contributed by atoms with van der Waals surface area (Å²) in [5, 5.41) is 17.0. The Hall–Kier alpha value is -4.71. The van der Waals surface area contributed by atoms with Crippen LogP contribution in [-0.4, -0.2) is 37.4 Å². The molecule has 0 spiro atoms. The maximum absolute atomic E-state index is 13.0. The van der Waals surface area contributed by atoms with Crippen LogP contribution in [-0.2, 0) is 16.3 Å². The zero-order valence-electron chi connectivity index (χ0n) is 23.2. The smallest absolute Gasteiger partial charge is 0.314 e. The lowest BCUT2D eigenvalue weighted by Gasteiger charge is -2.21. The number of carbonyl (C=O) groups excluding carboxylic acids is 1. The Kier molecular flexibility index (Phi) is 7.38. The highest BCUT2D eigenvalue weighted by Crippen LogP contribution is 2.37. The maximum atomic E-state index is 13.0. The highest BCUT2D eigenvalue weighted by Gasteiger charge is 2.27. The predicted octanol–water partition coefficient (Wildman–Crippen LogP) is 6.41. The van der Waals surface area contributed by atoms with Crippen molar-refractivity contribution in [1.82, 2.24) is 24.3 Å². The zero-order valence-corrected chi connectivity index (χ0v) is 23.2. The van der Waals surface area contributed by atoms with Gasteiger partial charge in [-0.25, -0.2) is 9.97 Å². The molecule has 1 aliphatic rings. The number of ether oxygens (including phenoxy) is 2. The van der Waals surface area contributed by atoms with Gasteiger partial charge in [0.2, 0.25) is 0 Å². The Morgan fingerprint density at radius 3 is 2.73 bits per heavy atom. The first-order chi connectivity index (χ1) is 20.1. The Morgan fingerprint density at radius 2 is 1.93 bits per heavy atom. The van der Waals surface area contributed by atoms with Crippen molar-refractivity contribution in [2.75, 3.05) is 7.11 Å². The third kappa shape index (κ3) is 5.25. The van der Waals surface area contributed by atoms with Gasteiger partial charge in [0.05, 0.1) is 43.5 Å². The number of benzene rings is 2. The molecule has 41 heavy (non-hydrogen) atoms. The number of fused-ring (bicyclic) bond motifs is 2. The average molecular weight is 549 g/mol. The second kappa shape index (κ2) is 11.4. The number of hydrogen-bond donors (Lipinski definition) is 0. The van der Waals surface area contributed by atoms with E-state index in [0.717, 1.165) is 51.6 Å². The van der Waals surface area contributed by atoms with Crippen LogP contribution in [0.2, 0.25) is 0 Å². The van der Waals surface area contributed by atoms with Crippen molar-refractivity contribution in [3.05, 3.63) is 72.9 Å². The molecule has 1 aliphatic carbocycles. The molecule has 9 heteroatoms. The number of nitrogens with zero attached hydrogens (tertiary/aromatic N) is 6.